The molecule has 0 spiro atoms. The predicted molar refractivity (Wildman–Crippen MR) is 64.2 cm³/mol. The van der Waals surface area contributed by atoms with E-state index in [0.29, 0.717) is 18.2 Å². The van der Waals surface area contributed by atoms with E-state index in [9.17, 15) is 22.0 Å². The molecule has 0 atom stereocenters. The van der Waals surface area contributed by atoms with Gasteiger partial charge in [-0.1, -0.05) is 25.1 Å². The van der Waals surface area contributed by atoms with Crippen LogP contribution in [0.3, 0.4) is 0 Å². The maximum absolute atomic E-state index is 13.8. The fourth-order valence-corrected chi connectivity index (χ4v) is 1.80. The summed E-state index contributed by atoms with van der Waals surface area (Å²) in [5.74, 6) is 0. The SMILES string of the molecule is CCc1ccccc1C(F)(F)OC(=O)NS(C)(=O)=O. The Morgan fingerprint density at radius 3 is 2.47 bits per heavy atom. The average Bonchev–Trinajstić information content (AvgIpc) is 2.25. The second-order valence-electron chi connectivity index (χ2n) is 3.79. The van der Waals surface area contributed by atoms with Gasteiger partial charge in [0.2, 0.25) is 10.0 Å². The standard InChI is InChI=1S/C11H13F2NO4S/c1-3-8-6-4-5-7-9(8)11(12,13)18-10(15)14-19(2,16)17/h4-7H,3H2,1-2H3,(H,14,15). The van der Waals surface area contributed by atoms with Crippen molar-refractivity contribution in [3.8, 4) is 0 Å². The zero-order chi connectivity index (χ0) is 14.7. The smallest absolute Gasteiger partial charge is 0.379 e. The lowest BCUT2D eigenvalue weighted by Crippen LogP contribution is -2.35. The molecular formula is C11H13F2NO4S. The zero-order valence-electron chi connectivity index (χ0n) is 10.3. The first kappa shape index (κ1) is 15.4. The molecular weight excluding hydrogens is 280 g/mol. The van der Waals surface area contributed by atoms with E-state index in [1.165, 1.54) is 16.9 Å². The molecule has 1 aromatic rings. The summed E-state index contributed by atoms with van der Waals surface area (Å²) in [6.07, 6.45) is -4.64. The lowest BCUT2D eigenvalue weighted by atomic mass is 10.0. The van der Waals surface area contributed by atoms with Gasteiger partial charge in [-0.25, -0.2) is 17.9 Å². The molecule has 0 aliphatic carbocycles. The Morgan fingerprint density at radius 2 is 1.95 bits per heavy atom. The van der Waals surface area contributed by atoms with Crippen molar-refractivity contribution in [3.05, 3.63) is 35.4 Å². The van der Waals surface area contributed by atoms with Gasteiger partial charge in [0.05, 0.1) is 11.8 Å². The minimum Gasteiger partial charge on any atom is -0.379 e. The molecule has 106 valence electrons. The summed E-state index contributed by atoms with van der Waals surface area (Å²) in [7, 11) is -3.95. The molecule has 0 radical (unpaired) electrons. The third kappa shape index (κ3) is 4.47. The summed E-state index contributed by atoms with van der Waals surface area (Å²) in [6, 6.07) is 5.54. The van der Waals surface area contributed by atoms with E-state index in [1.807, 2.05) is 0 Å². The topological polar surface area (TPSA) is 72.5 Å². The molecule has 0 aliphatic rings. The molecule has 0 aromatic heterocycles. The first-order valence-electron chi connectivity index (χ1n) is 5.32. The number of hydrogen-bond donors (Lipinski definition) is 1. The van der Waals surface area contributed by atoms with E-state index in [4.69, 9.17) is 0 Å². The van der Waals surface area contributed by atoms with Crippen LogP contribution in [0.2, 0.25) is 0 Å². The van der Waals surface area contributed by atoms with Gasteiger partial charge < -0.3 is 4.74 Å². The van der Waals surface area contributed by atoms with Gasteiger partial charge >= 0.3 is 12.2 Å². The highest BCUT2D eigenvalue weighted by atomic mass is 32.2. The van der Waals surface area contributed by atoms with Crippen molar-refractivity contribution in [2.45, 2.75) is 19.5 Å². The molecule has 0 heterocycles. The van der Waals surface area contributed by atoms with Crippen molar-refractivity contribution in [1.29, 1.82) is 0 Å². The number of carbonyl (C=O) groups excluding carboxylic acids is 1. The van der Waals surface area contributed by atoms with E-state index in [0.717, 1.165) is 6.07 Å². The number of carbonyl (C=O) groups is 1. The number of alkyl halides is 2. The molecule has 1 amide bonds. The normalized spacial score (nSPS) is 12.0. The van der Waals surface area contributed by atoms with Gasteiger partial charge in [0.25, 0.3) is 0 Å². The first-order chi connectivity index (χ1) is 8.65. The molecule has 1 rings (SSSR count). The fourth-order valence-electron chi connectivity index (χ4n) is 1.46. The summed E-state index contributed by atoms with van der Waals surface area (Å²) in [5.41, 5.74) is -0.166. The molecule has 0 fully saturated rings. The second kappa shape index (κ2) is 5.52. The van der Waals surface area contributed by atoms with Gasteiger partial charge in [-0.15, -0.1) is 0 Å². The summed E-state index contributed by atoms with van der Waals surface area (Å²) < 4.78 is 54.2. The highest BCUT2D eigenvalue weighted by molar-refractivity contribution is 7.89. The maximum atomic E-state index is 13.8. The number of ether oxygens (including phenoxy) is 1. The van der Waals surface area contributed by atoms with Gasteiger partial charge in [0.15, 0.2) is 0 Å². The van der Waals surface area contributed by atoms with Crippen molar-refractivity contribution >= 4 is 16.1 Å². The molecule has 1 N–H and O–H groups in total. The Morgan fingerprint density at radius 1 is 1.37 bits per heavy atom. The molecule has 0 unspecified atom stereocenters. The molecule has 8 heteroatoms. The Bertz CT molecular complexity index is 572. The first-order valence-corrected chi connectivity index (χ1v) is 7.22. The van der Waals surface area contributed by atoms with Gasteiger partial charge in [-0.05, 0) is 18.1 Å². The third-order valence-corrected chi connectivity index (χ3v) is 2.74. The number of rotatable bonds is 4. The average molecular weight is 293 g/mol. The Balaban J connectivity index is 2.95. The molecule has 0 saturated heterocycles. The van der Waals surface area contributed by atoms with E-state index in [2.05, 4.69) is 4.74 Å². The molecule has 0 bridgehead atoms. The van der Waals surface area contributed by atoms with Crippen LogP contribution in [0.5, 0.6) is 0 Å². The van der Waals surface area contributed by atoms with E-state index >= 15 is 0 Å². The van der Waals surface area contributed by atoms with Crippen LogP contribution in [0.4, 0.5) is 13.6 Å². The zero-order valence-corrected chi connectivity index (χ0v) is 11.1. The van der Waals surface area contributed by atoms with E-state index in [-0.39, 0.29) is 0 Å². The Labute approximate surface area is 109 Å². The van der Waals surface area contributed by atoms with Gasteiger partial charge in [0.1, 0.15) is 0 Å². The van der Waals surface area contributed by atoms with Crippen molar-refractivity contribution in [3.63, 3.8) is 0 Å². The number of aryl methyl sites for hydroxylation is 1. The number of sulfonamides is 1. The number of halogens is 2. The lowest BCUT2D eigenvalue weighted by molar-refractivity contribution is -0.207. The summed E-state index contributed by atoms with van der Waals surface area (Å²) >= 11 is 0. The van der Waals surface area contributed by atoms with Crippen LogP contribution in [0.15, 0.2) is 24.3 Å². The number of hydrogen-bond acceptors (Lipinski definition) is 4. The van der Waals surface area contributed by atoms with Crippen LogP contribution >= 0.6 is 0 Å². The maximum Gasteiger partial charge on any atom is 0.430 e. The minimum absolute atomic E-state index is 0.305. The minimum atomic E-state index is -3.95. The number of benzene rings is 1. The van der Waals surface area contributed by atoms with Crippen molar-refractivity contribution in [2.75, 3.05) is 6.26 Å². The second-order valence-corrected chi connectivity index (χ2v) is 5.54. The highest BCUT2D eigenvalue weighted by Gasteiger charge is 2.38. The van der Waals surface area contributed by atoms with Gasteiger partial charge in [-0.3, -0.25) is 0 Å². The summed E-state index contributed by atoms with van der Waals surface area (Å²) in [4.78, 5) is 11.1. The van der Waals surface area contributed by atoms with Crippen LogP contribution in [0.25, 0.3) is 0 Å². The van der Waals surface area contributed by atoms with E-state index in [1.54, 1.807) is 13.0 Å². The van der Waals surface area contributed by atoms with Crippen LogP contribution in [-0.2, 0) is 27.3 Å². The predicted octanol–water partition coefficient (Wildman–Crippen LogP) is 1.98. The molecule has 0 saturated carbocycles. The van der Waals surface area contributed by atoms with Crippen molar-refractivity contribution in [1.82, 2.24) is 4.72 Å². The third-order valence-electron chi connectivity index (χ3n) is 2.20. The van der Waals surface area contributed by atoms with Gasteiger partial charge in [-0.2, -0.15) is 8.78 Å². The molecule has 19 heavy (non-hydrogen) atoms. The monoisotopic (exact) mass is 293 g/mol. The highest BCUT2D eigenvalue weighted by Crippen LogP contribution is 2.32. The van der Waals surface area contributed by atoms with Crippen LogP contribution in [0.1, 0.15) is 18.1 Å². The number of amides is 1. The molecule has 0 aliphatic heterocycles. The number of nitrogens with one attached hydrogen (secondary N) is 1. The van der Waals surface area contributed by atoms with Crippen LogP contribution in [0, 0.1) is 0 Å². The van der Waals surface area contributed by atoms with Crippen molar-refractivity contribution < 1.29 is 26.7 Å². The summed E-state index contributed by atoms with van der Waals surface area (Å²) in [5, 5.41) is 0. The Hall–Kier alpha value is -1.70. The summed E-state index contributed by atoms with van der Waals surface area (Å²) in [6.45, 7) is 1.67. The molecule has 1 aromatic carbocycles. The molecule has 5 nitrogen and oxygen atoms in total. The van der Waals surface area contributed by atoms with Crippen LogP contribution in [-0.4, -0.2) is 20.8 Å². The lowest BCUT2D eigenvalue weighted by Gasteiger charge is -2.19. The van der Waals surface area contributed by atoms with E-state index < -0.39 is 27.8 Å². The Kier molecular flexibility index (Phi) is 4.46. The fraction of sp³-hybridized carbons (Fsp3) is 0.364. The quantitative estimate of drug-likeness (QED) is 0.921. The van der Waals surface area contributed by atoms with Crippen molar-refractivity contribution in [2.24, 2.45) is 0 Å². The largest absolute Gasteiger partial charge is 0.430 e. The van der Waals surface area contributed by atoms with Crippen LogP contribution < -0.4 is 4.72 Å². The van der Waals surface area contributed by atoms with Gasteiger partial charge in [0, 0.05) is 0 Å².